The van der Waals surface area contributed by atoms with Crippen molar-refractivity contribution in [1.82, 2.24) is 9.97 Å². The Kier molecular flexibility index (Phi) is 3.73. The molecule has 0 spiro atoms. The van der Waals surface area contributed by atoms with Crippen molar-refractivity contribution in [3.05, 3.63) is 17.0 Å². The fourth-order valence-electron chi connectivity index (χ4n) is 1.05. The fraction of sp³-hybridized carbons (Fsp3) is 0.636. The third-order valence-electron chi connectivity index (χ3n) is 2.17. The highest BCUT2D eigenvalue weighted by atomic mass is 32.2. The first-order chi connectivity index (χ1) is 6.79. The Hall–Kier alpha value is -0.610. The Morgan fingerprint density at radius 3 is 2.00 bits per heavy atom. The summed E-state index contributed by atoms with van der Waals surface area (Å²) in [5.41, 5.74) is 2.49. The first-order valence-corrected chi connectivity index (χ1v) is 5.95. The molecule has 3 nitrogen and oxygen atoms in total. The van der Waals surface area contributed by atoms with E-state index in [2.05, 4.69) is 9.97 Å². The van der Waals surface area contributed by atoms with Crippen LogP contribution in [-0.2, 0) is 0 Å². The lowest BCUT2D eigenvalue weighted by Gasteiger charge is -2.15. The number of aryl methyl sites for hydroxylation is 2. The Bertz CT molecular complexity index is 335. The highest BCUT2D eigenvalue weighted by Gasteiger charge is 2.14. The highest BCUT2D eigenvalue weighted by molar-refractivity contribution is 7.99. The molecule has 1 N–H and O–H groups in total. The second kappa shape index (κ2) is 4.49. The maximum absolute atomic E-state index is 9.60. The van der Waals surface area contributed by atoms with Gasteiger partial charge in [0.05, 0.1) is 5.60 Å². The monoisotopic (exact) mass is 226 g/mol. The predicted molar refractivity (Wildman–Crippen MR) is 63.3 cm³/mol. The molecule has 0 amide bonds. The van der Waals surface area contributed by atoms with Crippen LogP contribution in [0, 0.1) is 20.8 Å². The van der Waals surface area contributed by atoms with E-state index < -0.39 is 5.60 Å². The number of rotatable bonds is 3. The number of hydrogen-bond donors (Lipinski definition) is 1. The van der Waals surface area contributed by atoms with Gasteiger partial charge in [0.1, 0.15) is 0 Å². The van der Waals surface area contributed by atoms with E-state index in [1.54, 1.807) is 13.8 Å². The van der Waals surface area contributed by atoms with Crippen molar-refractivity contribution in [2.24, 2.45) is 0 Å². The lowest BCUT2D eigenvalue weighted by molar-refractivity contribution is 0.107. The Balaban J connectivity index is 2.80. The van der Waals surface area contributed by atoms with Crippen molar-refractivity contribution >= 4 is 11.8 Å². The number of aliphatic hydroxyl groups is 1. The van der Waals surface area contributed by atoms with Crippen LogP contribution < -0.4 is 0 Å². The second-order valence-electron chi connectivity index (χ2n) is 4.40. The molecule has 15 heavy (non-hydrogen) atoms. The van der Waals surface area contributed by atoms with Crippen molar-refractivity contribution < 1.29 is 5.11 Å². The van der Waals surface area contributed by atoms with Crippen molar-refractivity contribution in [1.29, 1.82) is 0 Å². The average molecular weight is 226 g/mol. The molecule has 0 atom stereocenters. The normalized spacial score (nSPS) is 11.9. The lowest BCUT2D eigenvalue weighted by Crippen LogP contribution is -2.22. The zero-order valence-corrected chi connectivity index (χ0v) is 10.8. The summed E-state index contributed by atoms with van der Waals surface area (Å²) in [5.74, 6) is 0.606. The first kappa shape index (κ1) is 12.5. The smallest absolute Gasteiger partial charge is 0.188 e. The molecule has 0 aliphatic rings. The molecule has 4 heteroatoms. The molecule has 0 aliphatic heterocycles. The van der Waals surface area contributed by atoms with Crippen molar-refractivity contribution in [2.75, 3.05) is 5.75 Å². The van der Waals surface area contributed by atoms with Crippen LogP contribution in [0.1, 0.15) is 30.8 Å². The Morgan fingerprint density at radius 1 is 1.13 bits per heavy atom. The number of nitrogens with zero attached hydrogens (tertiary/aromatic N) is 2. The minimum Gasteiger partial charge on any atom is -0.390 e. The molecule has 0 bridgehead atoms. The molecular weight excluding hydrogens is 208 g/mol. The second-order valence-corrected chi connectivity index (χ2v) is 5.35. The van der Waals surface area contributed by atoms with Crippen LogP contribution in [0.3, 0.4) is 0 Å². The summed E-state index contributed by atoms with van der Waals surface area (Å²) in [6.45, 7) is 9.56. The van der Waals surface area contributed by atoms with Gasteiger partial charge in [0.2, 0.25) is 0 Å². The van der Waals surface area contributed by atoms with E-state index in [-0.39, 0.29) is 0 Å². The van der Waals surface area contributed by atoms with Crippen molar-refractivity contribution in [3.8, 4) is 0 Å². The van der Waals surface area contributed by atoms with Crippen LogP contribution in [0.5, 0.6) is 0 Å². The van der Waals surface area contributed by atoms with Gasteiger partial charge in [-0.05, 0) is 40.2 Å². The van der Waals surface area contributed by atoms with Crippen LogP contribution in [0.2, 0.25) is 0 Å². The lowest BCUT2D eigenvalue weighted by atomic mass is 10.2. The van der Waals surface area contributed by atoms with Gasteiger partial charge in [0, 0.05) is 17.1 Å². The molecule has 0 unspecified atom stereocenters. The number of aromatic nitrogens is 2. The van der Waals surface area contributed by atoms with Gasteiger partial charge < -0.3 is 5.11 Å². The fourth-order valence-corrected chi connectivity index (χ4v) is 1.93. The quantitative estimate of drug-likeness (QED) is 0.634. The van der Waals surface area contributed by atoms with Gasteiger partial charge in [-0.15, -0.1) is 0 Å². The summed E-state index contributed by atoms with van der Waals surface area (Å²) < 4.78 is 0. The van der Waals surface area contributed by atoms with Crippen molar-refractivity contribution in [2.45, 2.75) is 45.4 Å². The third-order valence-corrected chi connectivity index (χ3v) is 3.46. The van der Waals surface area contributed by atoms with Gasteiger partial charge in [0.25, 0.3) is 0 Å². The molecule has 0 aliphatic carbocycles. The van der Waals surface area contributed by atoms with Crippen LogP contribution in [-0.4, -0.2) is 26.4 Å². The maximum atomic E-state index is 9.60. The zero-order chi connectivity index (χ0) is 11.6. The van der Waals surface area contributed by atoms with E-state index in [9.17, 15) is 5.11 Å². The molecule has 1 aromatic heterocycles. The van der Waals surface area contributed by atoms with Crippen LogP contribution in [0.15, 0.2) is 5.16 Å². The van der Waals surface area contributed by atoms with E-state index in [0.717, 1.165) is 22.1 Å². The summed E-state index contributed by atoms with van der Waals surface area (Å²) in [5, 5.41) is 10.3. The summed E-state index contributed by atoms with van der Waals surface area (Å²) >= 11 is 1.49. The number of hydrogen-bond acceptors (Lipinski definition) is 4. The largest absolute Gasteiger partial charge is 0.390 e. The summed E-state index contributed by atoms with van der Waals surface area (Å²) in [4.78, 5) is 8.75. The van der Waals surface area contributed by atoms with Gasteiger partial charge in [-0.1, -0.05) is 11.8 Å². The minimum atomic E-state index is -0.680. The van der Waals surface area contributed by atoms with E-state index in [4.69, 9.17) is 0 Å². The van der Waals surface area contributed by atoms with Gasteiger partial charge in [0.15, 0.2) is 5.16 Å². The predicted octanol–water partition coefficient (Wildman–Crippen LogP) is 2.26. The zero-order valence-electron chi connectivity index (χ0n) is 9.96. The molecule has 0 fully saturated rings. The summed E-state index contributed by atoms with van der Waals surface area (Å²) in [6, 6.07) is 0. The average Bonchev–Trinajstić information content (AvgIpc) is 2.09. The van der Waals surface area contributed by atoms with Gasteiger partial charge in [-0.25, -0.2) is 9.97 Å². The molecule has 0 saturated heterocycles. The summed E-state index contributed by atoms with van der Waals surface area (Å²) in [7, 11) is 0. The molecular formula is C11H18N2OS. The van der Waals surface area contributed by atoms with Crippen LogP contribution >= 0.6 is 11.8 Å². The SMILES string of the molecule is Cc1nc(SCC(C)(C)O)nc(C)c1C. The summed E-state index contributed by atoms with van der Waals surface area (Å²) in [6.07, 6.45) is 0. The Morgan fingerprint density at radius 2 is 1.60 bits per heavy atom. The molecule has 1 aromatic rings. The van der Waals surface area contributed by atoms with Crippen molar-refractivity contribution in [3.63, 3.8) is 0 Å². The Labute approximate surface area is 95.3 Å². The number of thioether (sulfide) groups is 1. The molecule has 1 heterocycles. The molecule has 84 valence electrons. The highest BCUT2D eigenvalue weighted by Crippen LogP contribution is 2.20. The van der Waals surface area contributed by atoms with Gasteiger partial charge in [-0.2, -0.15) is 0 Å². The van der Waals surface area contributed by atoms with Crippen LogP contribution in [0.25, 0.3) is 0 Å². The topological polar surface area (TPSA) is 46.0 Å². The first-order valence-electron chi connectivity index (χ1n) is 4.96. The van der Waals surface area contributed by atoms with Gasteiger partial charge >= 0.3 is 0 Å². The van der Waals surface area contributed by atoms with E-state index in [0.29, 0.717) is 5.75 Å². The van der Waals surface area contributed by atoms with E-state index in [1.807, 2.05) is 20.8 Å². The third kappa shape index (κ3) is 3.80. The van der Waals surface area contributed by atoms with E-state index >= 15 is 0 Å². The molecule has 0 saturated carbocycles. The molecule has 0 radical (unpaired) electrons. The maximum Gasteiger partial charge on any atom is 0.188 e. The molecule has 0 aromatic carbocycles. The standard InChI is InChI=1S/C11H18N2OS/c1-7-8(2)12-10(13-9(7)3)15-6-11(4,5)14/h14H,6H2,1-5H3. The van der Waals surface area contributed by atoms with Gasteiger partial charge in [-0.3, -0.25) is 0 Å². The van der Waals surface area contributed by atoms with Crippen LogP contribution in [0.4, 0.5) is 0 Å². The minimum absolute atomic E-state index is 0.606. The van der Waals surface area contributed by atoms with E-state index in [1.165, 1.54) is 11.8 Å². The molecule has 1 rings (SSSR count).